The molecule has 0 aliphatic carbocycles. The number of nitrogens with one attached hydrogen (secondary N) is 1. The van der Waals surface area contributed by atoms with E-state index >= 15 is 0 Å². The van der Waals surface area contributed by atoms with Crippen molar-refractivity contribution in [3.8, 4) is 0 Å². The van der Waals surface area contributed by atoms with Crippen LogP contribution < -0.4 is 5.32 Å². The molecule has 16 heavy (non-hydrogen) atoms. The lowest BCUT2D eigenvalue weighted by Gasteiger charge is -2.07. The molecule has 0 saturated carbocycles. The third kappa shape index (κ3) is 2.56. The van der Waals surface area contributed by atoms with Crippen molar-refractivity contribution in [1.82, 2.24) is 0 Å². The summed E-state index contributed by atoms with van der Waals surface area (Å²) in [5.41, 5.74) is 3.85. The zero-order valence-corrected chi connectivity index (χ0v) is 9.96. The van der Waals surface area contributed by atoms with Crippen LogP contribution in [0.25, 0.3) is 10.8 Å². The number of rotatable bonds is 3. The Balaban J connectivity index is 2.20. The predicted molar refractivity (Wildman–Crippen MR) is 72.0 cm³/mol. The van der Waals surface area contributed by atoms with Gasteiger partial charge in [-0.3, -0.25) is 0 Å². The molecular weight excluding hydrogens is 218 g/mol. The summed E-state index contributed by atoms with van der Waals surface area (Å²) in [5.74, 6) is 0. The summed E-state index contributed by atoms with van der Waals surface area (Å²) < 4.78 is 0. The van der Waals surface area contributed by atoms with Crippen molar-refractivity contribution in [2.24, 2.45) is 0 Å². The van der Waals surface area contributed by atoms with Crippen molar-refractivity contribution in [3.05, 3.63) is 53.6 Å². The van der Waals surface area contributed by atoms with Gasteiger partial charge in [0.2, 0.25) is 0 Å². The minimum atomic E-state index is 0.780. The fourth-order valence-electron chi connectivity index (χ4n) is 1.58. The molecule has 0 aliphatic rings. The number of fused-ring (bicyclic) bond motifs is 1. The minimum Gasteiger partial charge on any atom is -0.381 e. The fraction of sp³-hybridized carbons (Fsp3) is 0.143. The number of anilines is 1. The summed E-state index contributed by atoms with van der Waals surface area (Å²) in [6.07, 6.45) is 0. The average molecular weight is 232 g/mol. The Hall–Kier alpha value is -1.47. The second-order valence-electron chi connectivity index (χ2n) is 3.87. The van der Waals surface area contributed by atoms with E-state index in [2.05, 4.69) is 47.8 Å². The van der Waals surface area contributed by atoms with Gasteiger partial charge in [0, 0.05) is 17.8 Å². The van der Waals surface area contributed by atoms with Gasteiger partial charge < -0.3 is 5.32 Å². The van der Waals surface area contributed by atoms with Gasteiger partial charge >= 0.3 is 0 Å². The maximum atomic E-state index is 5.61. The highest BCUT2D eigenvalue weighted by atomic mass is 35.5. The Kier molecular flexibility index (Phi) is 3.47. The van der Waals surface area contributed by atoms with Crippen LogP contribution in [0.1, 0.15) is 6.92 Å². The van der Waals surface area contributed by atoms with E-state index in [-0.39, 0.29) is 0 Å². The Morgan fingerprint density at radius 1 is 1.19 bits per heavy atom. The molecule has 82 valence electrons. The van der Waals surface area contributed by atoms with Gasteiger partial charge in [0.15, 0.2) is 0 Å². The molecule has 0 amide bonds. The molecule has 2 aromatic carbocycles. The van der Waals surface area contributed by atoms with E-state index in [9.17, 15) is 0 Å². The summed E-state index contributed by atoms with van der Waals surface area (Å²) in [5, 5.41) is 5.85. The molecule has 0 bridgehead atoms. The Bertz CT molecular complexity index is 517. The van der Waals surface area contributed by atoms with E-state index in [4.69, 9.17) is 11.6 Å². The summed E-state index contributed by atoms with van der Waals surface area (Å²) in [6.45, 7) is 2.78. The Morgan fingerprint density at radius 2 is 1.94 bits per heavy atom. The molecule has 0 atom stereocenters. The second-order valence-corrected chi connectivity index (χ2v) is 4.09. The monoisotopic (exact) mass is 231 g/mol. The van der Waals surface area contributed by atoms with Crippen LogP contribution in [0.5, 0.6) is 0 Å². The molecule has 0 heterocycles. The van der Waals surface area contributed by atoms with E-state index < -0.39 is 0 Å². The maximum Gasteiger partial charge on any atom is 0.0369 e. The first-order valence-corrected chi connectivity index (χ1v) is 5.72. The molecule has 0 aliphatic heterocycles. The van der Waals surface area contributed by atoms with Crippen molar-refractivity contribution in [3.63, 3.8) is 0 Å². The highest BCUT2D eigenvalue weighted by molar-refractivity contribution is 6.25. The first-order valence-electron chi connectivity index (χ1n) is 5.28. The summed E-state index contributed by atoms with van der Waals surface area (Å²) in [6, 6.07) is 14.7. The molecule has 0 aromatic heterocycles. The van der Waals surface area contributed by atoms with Crippen LogP contribution in [0.4, 0.5) is 5.69 Å². The van der Waals surface area contributed by atoms with Crippen LogP contribution in [0, 0.1) is 0 Å². The summed E-state index contributed by atoms with van der Waals surface area (Å²) in [7, 11) is 0. The lowest BCUT2D eigenvalue weighted by molar-refractivity contribution is 1.21. The van der Waals surface area contributed by atoms with Gasteiger partial charge in [0.25, 0.3) is 0 Å². The zero-order chi connectivity index (χ0) is 11.4. The SMILES string of the molecule is C/C(=C/Cl)CNc1ccc2ccccc2c1. The third-order valence-corrected chi connectivity index (χ3v) is 2.88. The standard InChI is InChI=1S/C14H14ClN/c1-11(9-15)10-16-14-7-6-12-4-2-3-5-13(12)8-14/h2-9,16H,10H2,1H3/b11-9-. The van der Waals surface area contributed by atoms with E-state index in [1.54, 1.807) is 5.54 Å². The average Bonchev–Trinajstić information content (AvgIpc) is 2.35. The van der Waals surface area contributed by atoms with Crippen LogP contribution in [-0.4, -0.2) is 6.54 Å². The Morgan fingerprint density at radius 3 is 2.69 bits per heavy atom. The first-order chi connectivity index (χ1) is 7.79. The molecule has 0 spiro atoms. The van der Waals surface area contributed by atoms with Crippen molar-refractivity contribution < 1.29 is 0 Å². The largest absolute Gasteiger partial charge is 0.381 e. The molecule has 0 radical (unpaired) electrons. The lowest BCUT2D eigenvalue weighted by Crippen LogP contribution is -2.01. The van der Waals surface area contributed by atoms with Crippen molar-refractivity contribution in [2.45, 2.75) is 6.92 Å². The molecule has 1 N–H and O–H groups in total. The minimum absolute atomic E-state index is 0.780. The topological polar surface area (TPSA) is 12.0 Å². The second kappa shape index (κ2) is 5.04. The highest BCUT2D eigenvalue weighted by Gasteiger charge is 1.95. The van der Waals surface area contributed by atoms with Gasteiger partial charge in [0.05, 0.1) is 0 Å². The van der Waals surface area contributed by atoms with Crippen LogP contribution in [0.3, 0.4) is 0 Å². The molecule has 1 nitrogen and oxygen atoms in total. The Labute approximate surface area is 101 Å². The number of halogens is 1. The fourth-order valence-corrected chi connectivity index (χ4v) is 1.66. The predicted octanol–water partition coefficient (Wildman–Crippen LogP) is 4.39. The van der Waals surface area contributed by atoms with Gasteiger partial charge in [-0.05, 0) is 35.4 Å². The number of hydrogen-bond acceptors (Lipinski definition) is 1. The maximum absolute atomic E-state index is 5.61. The van der Waals surface area contributed by atoms with Gasteiger partial charge in [-0.2, -0.15) is 0 Å². The molecule has 0 saturated heterocycles. The molecular formula is C14H14ClN. The van der Waals surface area contributed by atoms with E-state index in [1.807, 2.05) is 6.92 Å². The smallest absolute Gasteiger partial charge is 0.0369 e. The zero-order valence-electron chi connectivity index (χ0n) is 9.20. The van der Waals surface area contributed by atoms with Crippen LogP contribution >= 0.6 is 11.6 Å². The van der Waals surface area contributed by atoms with E-state index in [1.165, 1.54) is 10.8 Å². The molecule has 2 rings (SSSR count). The van der Waals surface area contributed by atoms with Crippen LogP contribution in [0.2, 0.25) is 0 Å². The normalized spacial score (nSPS) is 11.8. The van der Waals surface area contributed by atoms with Crippen molar-refractivity contribution in [1.29, 1.82) is 0 Å². The number of hydrogen-bond donors (Lipinski definition) is 1. The van der Waals surface area contributed by atoms with Gasteiger partial charge in [-0.15, -0.1) is 0 Å². The lowest BCUT2D eigenvalue weighted by atomic mass is 10.1. The summed E-state index contributed by atoms with van der Waals surface area (Å²) >= 11 is 5.61. The first kappa shape index (κ1) is 11.0. The van der Waals surface area contributed by atoms with Crippen LogP contribution in [-0.2, 0) is 0 Å². The van der Waals surface area contributed by atoms with Crippen LogP contribution in [0.15, 0.2) is 53.6 Å². The van der Waals surface area contributed by atoms with Gasteiger partial charge in [-0.25, -0.2) is 0 Å². The quantitative estimate of drug-likeness (QED) is 0.826. The molecule has 2 heteroatoms. The highest BCUT2D eigenvalue weighted by Crippen LogP contribution is 2.18. The van der Waals surface area contributed by atoms with Gasteiger partial charge in [-0.1, -0.05) is 41.9 Å². The van der Waals surface area contributed by atoms with Crippen molar-refractivity contribution in [2.75, 3.05) is 11.9 Å². The van der Waals surface area contributed by atoms with Crippen molar-refractivity contribution >= 4 is 28.1 Å². The third-order valence-electron chi connectivity index (χ3n) is 2.51. The van der Waals surface area contributed by atoms with E-state index in [0.717, 1.165) is 17.8 Å². The van der Waals surface area contributed by atoms with Gasteiger partial charge in [0.1, 0.15) is 0 Å². The number of benzene rings is 2. The summed E-state index contributed by atoms with van der Waals surface area (Å²) in [4.78, 5) is 0. The van der Waals surface area contributed by atoms with E-state index in [0.29, 0.717) is 0 Å². The molecule has 0 fully saturated rings. The molecule has 0 unspecified atom stereocenters. The molecule has 2 aromatic rings.